The van der Waals surface area contributed by atoms with Gasteiger partial charge in [-0.15, -0.1) is 0 Å². The van der Waals surface area contributed by atoms with Crippen molar-refractivity contribution in [2.24, 2.45) is 0 Å². The Hall–Kier alpha value is -3.07. The molecule has 10 heteroatoms. The monoisotopic (exact) mass is 589 g/mol. The molecule has 7 nitrogen and oxygen atoms in total. The Balaban J connectivity index is 2.02. The highest BCUT2D eigenvalue weighted by atomic mass is 35.5. The highest BCUT2D eigenvalue weighted by Crippen LogP contribution is 2.33. The minimum absolute atomic E-state index is 0.000548. The average molecular weight is 591 g/mol. The molecule has 3 rings (SSSR count). The van der Waals surface area contributed by atoms with Gasteiger partial charge in [0.2, 0.25) is 11.8 Å². The molecule has 1 unspecified atom stereocenters. The normalized spacial score (nSPS) is 12.0. The maximum absolute atomic E-state index is 13.9. The summed E-state index contributed by atoms with van der Waals surface area (Å²) in [5.74, 6) is -0.869. The van der Waals surface area contributed by atoms with E-state index in [4.69, 9.17) is 23.2 Å². The topological polar surface area (TPSA) is 86.8 Å². The summed E-state index contributed by atoms with van der Waals surface area (Å²) in [5, 5.41) is 3.27. The fourth-order valence-electron chi connectivity index (χ4n) is 4.04. The third-order valence-electron chi connectivity index (χ3n) is 6.22. The van der Waals surface area contributed by atoms with E-state index in [0.29, 0.717) is 11.6 Å². The Labute approximate surface area is 240 Å². The molecule has 0 heterocycles. The predicted molar refractivity (Wildman–Crippen MR) is 157 cm³/mol. The molecule has 0 saturated heterocycles. The minimum Gasteiger partial charge on any atom is -0.354 e. The van der Waals surface area contributed by atoms with Crippen LogP contribution in [0.25, 0.3) is 0 Å². The SMILES string of the molecule is CCCCNC(=O)C(C)N(Cc1cccc(C)c1)C(=O)CN(c1ccc(Cl)cc1Cl)S(=O)(=O)c1ccccc1. The molecule has 0 aliphatic rings. The molecule has 0 aliphatic carbocycles. The van der Waals surface area contributed by atoms with Crippen LogP contribution >= 0.6 is 23.2 Å². The number of carbonyl (C=O) groups is 2. The molecule has 1 N–H and O–H groups in total. The van der Waals surface area contributed by atoms with Gasteiger partial charge in [0.1, 0.15) is 12.6 Å². The van der Waals surface area contributed by atoms with Gasteiger partial charge in [-0.2, -0.15) is 0 Å². The molecule has 208 valence electrons. The summed E-state index contributed by atoms with van der Waals surface area (Å²) in [5.41, 5.74) is 1.92. The summed E-state index contributed by atoms with van der Waals surface area (Å²) < 4.78 is 28.6. The fourth-order valence-corrected chi connectivity index (χ4v) is 6.06. The first kappa shape index (κ1) is 30.5. The van der Waals surface area contributed by atoms with E-state index in [1.54, 1.807) is 25.1 Å². The maximum atomic E-state index is 13.9. The molecular weight excluding hydrogens is 557 g/mol. The van der Waals surface area contributed by atoms with Crippen LogP contribution in [0.5, 0.6) is 0 Å². The lowest BCUT2D eigenvalue weighted by Gasteiger charge is -2.32. The van der Waals surface area contributed by atoms with E-state index < -0.39 is 28.5 Å². The predicted octanol–water partition coefficient (Wildman–Crippen LogP) is 5.83. The fraction of sp³-hybridized carbons (Fsp3) is 0.310. The van der Waals surface area contributed by atoms with Gasteiger partial charge >= 0.3 is 0 Å². The van der Waals surface area contributed by atoms with E-state index in [-0.39, 0.29) is 28.1 Å². The highest BCUT2D eigenvalue weighted by molar-refractivity contribution is 7.92. The van der Waals surface area contributed by atoms with Crippen LogP contribution in [0.4, 0.5) is 5.69 Å². The number of hydrogen-bond acceptors (Lipinski definition) is 4. The first-order chi connectivity index (χ1) is 18.5. The van der Waals surface area contributed by atoms with E-state index in [0.717, 1.165) is 28.3 Å². The van der Waals surface area contributed by atoms with Gasteiger partial charge in [-0.3, -0.25) is 13.9 Å². The zero-order valence-corrected chi connectivity index (χ0v) is 24.6. The number of nitrogens with one attached hydrogen (secondary N) is 1. The highest BCUT2D eigenvalue weighted by Gasteiger charge is 2.33. The van der Waals surface area contributed by atoms with Crippen molar-refractivity contribution >= 4 is 50.7 Å². The van der Waals surface area contributed by atoms with Crippen molar-refractivity contribution in [3.63, 3.8) is 0 Å². The number of nitrogens with zero attached hydrogens (tertiary/aromatic N) is 2. The number of carbonyl (C=O) groups excluding carboxylic acids is 2. The Kier molecular flexibility index (Phi) is 10.8. The Morgan fingerprint density at radius 1 is 0.974 bits per heavy atom. The van der Waals surface area contributed by atoms with Crippen molar-refractivity contribution in [1.82, 2.24) is 10.2 Å². The van der Waals surface area contributed by atoms with Gasteiger partial charge in [-0.1, -0.05) is 84.6 Å². The third kappa shape index (κ3) is 7.97. The zero-order chi connectivity index (χ0) is 28.6. The Morgan fingerprint density at radius 3 is 2.33 bits per heavy atom. The Bertz CT molecular complexity index is 1400. The lowest BCUT2D eigenvalue weighted by molar-refractivity contribution is -0.139. The van der Waals surface area contributed by atoms with E-state index in [1.165, 1.54) is 35.2 Å². The summed E-state index contributed by atoms with van der Waals surface area (Å²) in [4.78, 5) is 28.3. The lowest BCUT2D eigenvalue weighted by Crippen LogP contribution is -2.51. The summed E-state index contributed by atoms with van der Waals surface area (Å²) in [7, 11) is -4.20. The van der Waals surface area contributed by atoms with E-state index in [9.17, 15) is 18.0 Å². The van der Waals surface area contributed by atoms with Crippen LogP contribution in [-0.4, -0.2) is 44.3 Å². The number of benzene rings is 3. The molecule has 2 amide bonds. The number of halogens is 2. The molecule has 0 bridgehead atoms. The van der Waals surface area contributed by atoms with Gasteiger partial charge in [0.05, 0.1) is 15.6 Å². The van der Waals surface area contributed by atoms with Crippen molar-refractivity contribution in [1.29, 1.82) is 0 Å². The number of aryl methyl sites for hydroxylation is 1. The van der Waals surface area contributed by atoms with Crippen LogP contribution in [0.3, 0.4) is 0 Å². The Morgan fingerprint density at radius 2 is 1.69 bits per heavy atom. The molecule has 0 aliphatic heterocycles. The quantitative estimate of drug-likeness (QED) is 0.269. The van der Waals surface area contributed by atoms with Crippen LogP contribution in [-0.2, 0) is 26.2 Å². The maximum Gasteiger partial charge on any atom is 0.264 e. The summed E-state index contributed by atoms with van der Waals surface area (Å²) in [6, 6.07) is 18.9. The van der Waals surface area contributed by atoms with Crippen molar-refractivity contribution < 1.29 is 18.0 Å². The van der Waals surface area contributed by atoms with Gasteiger partial charge < -0.3 is 10.2 Å². The van der Waals surface area contributed by atoms with E-state index in [1.807, 2.05) is 38.1 Å². The molecule has 0 saturated carbocycles. The van der Waals surface area contributed by atoms with Crippen LogP contribution < -0.4 is 9.62 Å². The molecule has 3 aromatic carbocycles. The summed E-state index contributed by atoms with van der Waals surface area (Å²) in [6.45, 7) is 5.63. The summed E-state index contributed by atoms with van der Waals surface area (Å²) >= 11 is 12.5. The smallest absolute Gasteiger partial charge is 0.264 e. The van der Waals surface area contributed by atoms with Crippen molar-refractivity contribution in [2.45, 2.75) is 51.1 Å². The first-order valence-electron chi connectivity index (χ1n) is 12.7. The molecule has 3 aromatic rings. The second kappa shape index (κ2) is 13.8. The van der Waals surface area contributed by atoms with Gasteiger partial charge in [0.15, 0.2) is 0 Å². The molecule has 0 spiro atoms. The number of sulfonamides is 1. The average Bonchev–Trinajstić information content (AvgIpc) is 2.91. The molecular formula is C29H33Cl2N3O4S. The van der Waals surface area contributed by atoms with E-state index >= 15 is 0 Å². The van der Waals surface area contributed by atoms with Gasteiger partial charge in [-0.25, -0.2) is 8.42 Å². The third-order valence-corrected chi connectivity index (χ3v) is 8.53. The van der Waals surface area contributed by atoms with Gasteiger partial charge in [0.25, 0.3) is 10.0 Å². The molecule has 1 atom stereocenters. The molecule has 0 radical (unpaired) electrons. The number of rotatable bonds is 12. The number of anilines is 1. The number of unbranched alkanes of at least 4 members (excludes halogenated alkanes) is 1. The van der Waals surface area contributed by atoms with Crippen LogP contribution in [0.2, 0.25) is 10.0 Å². The largest absolute Gasteiger partial charge is 0.354 e. The van der Waals surface area contributed by atoms with Crippen LogP contribution in [0.1, 0.15) is 37.8 Å². The molecule has 0 fully saturated rings. The molecule has 0 aromatic heterocycles. The van der Waals surface area contributed by atoms with Crippen molar-refractivity contribution in [3.8, 4) is 0 Å². The van der Waals surface area contributed by atoms with Crippen LogP contribution in [0.15, 0.2) is 77.7 Å². The van der Waals surface area contributed by atoms with Gasteiger partial charge in [-0.05, 0) is 56.2 Å². The standard InChI is InChI=1S/C29H33Cl2N3O4S/c1-4-5-16-32-29(36)22(3)33(19-23-11-9-10-21(2)17-23)28(35)20-34(27-15-14-24(30)18-26(27)31)39(37,38)25-12-7-6-8-13-25/h6-15,17-18,22H,4-5,16,19-20H2,1-3H3,(H,32,36). The number of hydrogen-bond donors (Lipinski definition) is 1. The summed E-state index contributed by atoms with van der Waals surface area (Å²) in [6.07, 6.45) is 1.72. The van der Waals surface area contributed by atoms with Crippen molar-refractivity contribution in [2.75, 3.05) is 17.4 Å². The molecule has 39 heavy (non-hydrogen) atoms. The van der Waals surface area contributed by atoms with Crippen LogP contribution in [0, 0.1) is 6.92 Å². The lowest BCUT2D eigenvalue weighted by atomic mass is 10.1. The minimum atomic E-state index is -4.20. The van der Waals surface area contributed by atoms with Gasteiger partial charge in [0, 0.05) is 18.1 Å². The zero-order valence-electron chi connectivity index (χ0n) is 22.2. The van der Waals surface area contributed by atoms with Crippen molar-refractivity contribution in [3.05, 3.63) is 94.0 Å². The second-order valence-electron chi connectivity index (χ2n) is 9.25. The second-order valence-corrected chi connectivity index (χ2v) is 12.0. The number of amides is 2. The first-order valence-corrected chi connectivity index (χ1v) is 14.9. The van der Waals surface area contributed by atoms with E-state index in [2.05, 4.69) is 5.32 Å².